The van der Waals surface area contributed by atoms with Crippen molar-refractivity contribution in [2.45, 2.75) is 51.2 Å². The highest BCUT2D eigenvalue weighted by Crippen LogP contribution is 2.09. The van der Waals surface area contributed by atoms with Gasteiger partial charge in [0.15, 0.2) is 6.10 Å². The number of esters is 1. The Balaban J connectivity index is 1.72. The average Bonchev–Trinajstić information content (AvgIpc) is 2.96. The van der Waals surface area contributed by atoms with Gasteiger partial charge in [-0.1, -0.05) is 12.1 Å². The number of sulfonamides is 1. The van der Waals surface area contributed by atoms with Crippen molar-refractivity contribution in [3.8, 4) is 0 Å². The molecule has 0 bridgehead atoms. The van der Waals surface area contributed by atoms with Crippen LogP contribution in [0.5, 0.6) is 0 Å². The van der Waals surface area contributed by atoms with Gasteiger partial charge in [-0.25, -0.2) is 13.6 Å². The van der Waals surface area contributed by atoms with E-state index < -0.39 is 28.0 Å². The molecule has 29 heavy (non-hydrogen) atoms. The lowest BCUT2D eigenvalue weighted by atomic mass is 10.1. The Morgan fingerprint density at radius 2 is 1.90 bits per heavy atom. The molecule has 0 aliphatic rings. The maximum atomic E-state index is 12.1. The van der Waals surface area contributed by atoms with Gasteiger partial charge in [-0.05, 0) is 51.0 Å². The zero-order valence-corrected chi connectivity index (χ0v) is 17.5. The number of nitrogens with one attached hydrogen (secondary N) is 1. The lowest BCUT2D eigenvalue weighted by molar-refractivity contribution is -0.155. The summed E-state index contributed by atoms with van der Waals surface area (Å²) in [5, 5.41) is 12.0. The van der Waals surface area contributed by atoms with E-state index >= 15 is 0 Å². The Hall–Kier alpha value is -2.72. The van der Waals surface area contributed by atoms with Crippen LogP contribution < -0.4 is 10.5 Å². The van der Waals surface area contributed by atoms with Crippen LogP contribution >= 0.6 is 0 Å². The van der Waals surface area contributed by atoms with Gasteiger partial charge in [0, 0.05) is 12.2 Å². The van der Waals surface area contributed by atoms with E-state index in [2.05, 4.69) is 10.4 Å². The van der Waals surface area contributed by atoms with Crippen molar-refractivity contribution in [3.63, 3.8) is 0 Å². The van der Waals surface area contributed by atoms with E-state index in [0.29, 0.717) is 19.5 Å². The highest BCUT2D eigenvalue weighted by atomic mass is 32.2. The molecule has 1 aromatic carbocycles. The van der Waals surface area contributed by atoms with Gasteiger partial charge in [0.2, 0.25) is 10.0 Å². The monoisotopic (exact) mass is 422 g/mol. The standard InChI is InChI=1S/C19H26N4O5S/c1-13-12-14(2)23(22-13)11-9-18(24)28-15(3)19(25)21-10-8-16-4-6-17(7-5-16)29(20,26)27/h4-7,12,15H,8-11H2,1-3H3,(H,21,25)(H2,20,26,27). The quantitative estimate of drug-likeness (QED) is 0.575. The molecule has 0 radical (unpaired) electrons. The largest absolute Gasteiger partial charge is 0.452 e. The molecule has 2 aromatic rings. The maximum Gasteiger partial charge on any atom is 0.308 e. The van der Waals surface area contributed by atoms with Gasteiger partial charge in [-0.15, -0.1) is 0 Å². The van der Waals surface area contributed by atoms with E-state index in [1.165, 1.54) is 19.1 Å². The van der Waals surface area contributed by atoms with E-state index in [-0.39, 0.29) is 11.3 Å². The summed E-state index contributed by atoms with van der Waals surface area (Å²) >= 11 is 0. The molecule has 10 heteroatoms. The number of amides is 1. The maximum absolute atomic E-state index is 12.1. The number of aryl methyl sites for hydroxylation is 3. The smallest absolute Gasteiger partial charge is 0.308 e. The Morgan fingerprint density at radius 1 is 1.24 bits per heavy atom. The summed E-state index contributed by atoms with van der Waals surface area (Å²) in [5.41, 5.74) is 2.67. The van der Waals surface area contributed by atoms with Crippen LogP contribution in [0.1, 0.15) is 30.3 Å². The highest BCUT2D eigenvalue weighted by molar-refractivity contribution is 7.89. The summed E-state index contributed by atoms with van der Waals surface area (Å²) in [5.74, 6) is -0.871. The third-order valence-electron chi connectivity index (χ3n) is 4.27. The van der Waals surface area contributed by atoms with Gasteiger partial charge in [0.05, 0.1) is 23.6 Å². The Bertz CT molecular complexity index is 967. The molecule has 0 aliphatic heterocycles. The SMILES string of the molecule is Cc1cc(C)n(CCC(=O)OC(C)C(=O)NCCc2ccc(S(N)(=O)=O)cc2)n1. The first-order valence-electron chi connectivity index (χ1n) is 9.16. The minimum absolute atomic E-state index is 0.0336. The molecule has 0 spiro atoms. The lowest BCUT2D eigenvalue weighted by Gasteiger charge is -2.14. The van der Waals surface area contributed by atoms with Crippen molar-refractivity contribution in [1.29, 1.82) is 0 Å². The van der Waals surface area contributed by atoms with Gasteiger partial charge in [0.25, 0.3) is 5.91 Å². The van der Waals surface area contributed by atoms with Crippen LogP contribution in [0.2, 0.25) is 0 Å². The van der Waals surface area contributed by atoms with Gasteiger partial charge in [-0.2, -0.15) is 5.10 Å². The fourth-order valence-corrected chi connectivity index (χ4v) is 3.24. The number of hydrogen-bond acceptors (Lipinski definition) is 6. The van der Waals surface area contributed by atoms with Crippen molar-refractivity contribution >= 4 is 21.9 Å². The minimum Gasteiger partial charge on any atom is -0.452 e. The first kappa shape index (κ1) is 22.6. The normalized spacial score (nSPS) is 12.4. The molecule has 2 rings (SSSR count). The molecule has 1 heterocycles. The number of nitrogens with two attached hydrogens (primary N) is 1. The molecule has 0 saturated carbocycles. The van der Waals surface area contributed by atoms with Crippen molar-refractivity contribution in [2.24, 2.45) is 5.14 Å². The number of benzene rings is 1. The van der Waals surface area contributed by atoms with Crippen LogP contribution in [-0.2, 0) is 37.3 Å². The highest BCUT2D eigenvalue weighted by Gasteiger charge is 2.17. The van der Waals surface area contributed by atoms with Crippen molar-refractivity contribution in [2.75, 3.05) is 6.54 Å². The second-order valence-electron chi connectivity index (χ2n) is 6.76. The second kappa shape index (κ2) is 9.66. The molecular formula is C19H26N4O5S. The predicted octanol–water partition coefficient (Wildman–Crippen LogP) is 0.828. The van der Waals surface area contributed by atoms with Crippen LogP contribution in [0.4, 0.5) is 0 Å². The van der Waals surface area contributed by atoms with Crippen LogP contribution in [0, 0.1) is 13.8 Å². The zero-order valence-electron chi connectivity index (χ0n) is 16.7. The van der Waals surface area contributed by atoms with Gasteiger partial charge in [-0.3, -0.25) is 14.3 Å². The number of hydrogen-bond donors (Lipinski definition) is 2. The Kier molecular flexibility index (Phi) is 7.52. The summed E-state index contributed by atoms with van der Waals surface area (Å²) in [6.07, 6.45) is -0.293. The number of nitrogens with zero attached hydrogens (tertiary/aromatic N) is 2. The van der Waals surface area contributed by atoms with Crippen LogP contribution in [0.15, 0.2) is 35.2 Å². The van der Waals surface area contributed by atoms with Crippen LogP contribution in [0.3, 0.4) is 0 Å². The fourth-order valence-electron chi connectivity index (χ4n) is 2.73. The number of primary sulfonamides is 1. The molecule has 158 valence electrons. The summed E-state index contributed by atoms with van der Waals surface area (Å²) < 4.78 is 29.3. The molecule has 3 N–H and O–H groups in total. The molecule has 1 amide bonds. The number of aromatic nitrogens is 2. The molecular weight excluding hydrogens is 396 g/mol. The zero-order chi connectivity index (χ0) is 21.6. The molecule has 0 fully saturated rings. The molecule has 9 nitrogen and oxygen atoms in total. The molecule has 1 atom stereocenters. The van der Waals surface area contributed by atoms with E-state index in [9.17, 15) is 18.0 Å². The van der Waals surface area contributed by atoms with E-state index in [1.807, 2.05) is 19.9 Å². The van der Waals surface area contributed by atoms with Gasteiger partial charge >= 0.3 is 5.97 Å². The number of ether oxygens (including phenoxy) is 1. The fraction of sp³-hybridized carbons (Fsp3) is 0.421. The Morgan fingerprint density at radius 3 is 2.45 bits per heavy atom. The van der Waals surface area contributed by atoms with Crippen molar-refractivity contribution in [3.05, 3.63) is 47.3 Å². The second-order valence-corrected chi connectivity index (χ2v) is 8.32. The first-order valence-corrected chi connectivity index (χ1v) is 10.7. The van der Waals surface area contributed by atoms with Crippen molar-refractivity contribution in [1.82, 2.24) is 15.1 Å². The van der Waals surface area contributed by atoms with Crippen LogP contribution in [-0.4, -0.2) is 42.7 Å². The van der Waals surface area contributed by atoms with Gasteiger partial charge in [0.1, 0.15) is 0 Å². The third kappa shape index (κ3) is 6.99. The van der Waals surface area contributed by atoms with Crippen molar-refractivity contribution < 1.29 is 22.7 Å². The van der Waals surface area contributed by atoms with E-state index in [4.69, 9.17) is 9.88 Å². The van der Waals surface area contributed by atoms with E-state index in [0.717, 1.165) is 17.0 Å². The number of carbonyl (C=O) groups is 2. The number of carbonyl (C=O) groups excluding carboxylic acids is 2. The Labute approximate surface area is 170 Å². The molecule has 1 unspecified atom stereocenters. The first-order chi connectivity index (χ1) is 13.6. The topological polar surface area (TPSA) is 133 Å². The summed E-state index contributed by atoms with van der Waals surface area (Å²) in [4.78, 5) is 24.1. The van der Waals surface area contributed by atoms with E-state index in [1.54, 1.807) is 16.8 Å². The molecule has 0 saturated heterocycles. The molecule has 0 aliphatic carbocycles. The van der Waals surface area contributed by atoms with Gasteiger partial charge < -0.3 is 10.1 Å². The number of rotatable bonds is 9. The summed E-state index contributed by atoms with van der Waals surface area (Å²) in [6.45, 7) is 6.01. The van der Waals surface area contributed by atoms with Crippen LogP contribution in [0.25, 0.3) is 0 Å². The minimum atomic E-state index is -3.72. The molecule has 1 aromatic heterocycles. The lowest BCUT2D eigenvalue weighted by Crippen LogP contribution is -2.37. The summed E-state index contributed by atoms with van der Waals surface area (Å²) in [6, 6.07) is 8.02. The summed E-state index contributed by atoms with van der Waals surface area (Å²) in [7, 11) is -3.72. The predicted molar refractivity (Wildman–Crippen MR) is 106 cm³/mol. The third-order valence-corrected chi connectivity index (χ3v) is 5.20. The average molecular weight is 423 g/mol.